The Hall–Kier alpha value is -3.48. The number of carbonyl (C=O) groups excluding carboxylic acids is 1. The van der Waals surface area contributed by atoms with E-state index in [4.69, 9.17) is 14.2 Å². The zero-order valence-electron chi connectivity index (χ0n) is 16.2. The van der Waals surface area contributed by atoms with Gasteiger partial charge in [0.25, 0.3) is 5.91 Å². The lowest BCUT2D eigenvalue weighted by atomic mass is 10.1. The van der Waals surface area contributed by atoms with Crippen molar-refractivity contribution in [2.24, 2.45) is 0 Å². The number of fused-ring (bicyclic) bond motifs is 1. The molecule has 7 nitrogen and oxygen atoms in total. The number of ether oxygens (including phenoxy) is 3. The quantitative estimate of drug-likeness (QED) is 0.684. The van der Waals surface area contributed by atoms with E-state index in [0.29, 0.717) is 33.7 Å². The minimum Gasteiger partial charge on any atom is -0.493 e. The van der Waals surface area contributed by atoms with E-state index in [9.17, 15) is 9.59 Å². The van der Waals surface area contributed by atoms with E-state index in [0.717, 1.165) is 11.3 Å². The first kappa shape index (κ1) is 19.3. The van der Waals surface area contributed by atoms with E-state index in [1.54, 1.807) is 37.4 Å². The normalized spacial score (nSPS) is 10.6. The molecule has 3 aromatic rings. The Morgan fingerprint density at radius 1 is 1.00 bits per heavy atom. The monoisotopic (exact) mass is 382 g/mol. The van der Waals surface area contributed by atoms with Crippen LogP contribution in [0.2, 0.25) is 0 Å². The molecule has 0 fully saturated rings. The van der Waals surface area contributed by atoms with Gasteiger partial charge in [0.1, 0.15) is 0 Å². The van der Waals surface area contributed by atoms with Crippen molar-refractivity contribution in [3.8, 4) is 17.2 Å². The molecule has 0 aliphatic heterocycles. The second-order valence-corrected chi connectivity index (χ2v) is 6.25. The lowest BCUT2D eigenvalue weighted by molar-refractivity contribution is 0.0950. The highest BCUT2D eigenvalue weighted by Gasteiger charge is 2.17. The average molecular weight is 382 g/mol. The third kappa shape index (κ3) is 3.64. The predicted molar refractivity (Wildman–Crippen MR) is 107 cm³/mol. The molecule has 1 amide bonds. The van der Waals surface area contributed by atoms with Crippen molar-refractivity contribution in [2.45, 2.75) is 13.5 Å². The Bertz CT molecular complexity index is 1090. The number of methoxy groups -OCH3 is 3. The summed E-state index contributed by atoms with van der Waals surface area (Å²) < 4.78 is 16.1. The fourth-order valence-electron chi connectivity index (χ4n) is 3.10. The van der Waals surface area contributed by atoms with Gasteiger partial charge in [-0.3, -0.25) is 9.59 Å². The molecule has 28 heavy (non-hydrogen) atoms. The van der Waals surface area contributed by atoms with Crippen LogP contribution in [0, 0.1) is 6.92 Å². The molecule has 2 aromatic carbocycles. The highest BCUT2D eigenvalue weighted by molar-refractivity contribution is 5.97. The number of carbonyl (C=O) groups is 1. The van der Waals surface area contributed by atoms with E-state index in [1.165, 1.54) is 20.3 Å². The molecule has 0 atom stereocenters. The fourth-order valence-corrected chi connectivity index (χ4v) is 3.10. The van der Waals surface area contributed by atoms with Crippen molar-refractivity contribution in [2.75, 3.05) is 21.3 Å². The second-order valence-electron chi connectivity index (χ2n) is 6.25. The molecule has 0 aliphatic carbocycles. The number of rotatable bonds is 6. The van der Waals surface area contributed by atoms with Crippen LogP contribution in [-0.2, 0) is 6.54 Å². The molecule has 1 heterocycles. The first-order chi connectivity index (χ1) is 13.5. The molecule has 0 spiro atoms. The Morgan fingerprint density at radius 2 is 1.75 bits per heavy atom. The van der Waals surface area contributed by atoms with Gasteiger partial charge in [0.05, 0.1) is 21.3 Å². The van der Waals surface area contributed by atoms with Crippen molar-refractivity contribution in [3.05, 3.63) is 63.4 Å². The predicted octanol–water partition coefficient (Wildman–Crippen LogP) is 2.79. The topological polar surface area (TPSA) is 89.7 Å². The van der Waals surface area contributed by atoms with Gasteiger partial charge in [-0.15, -0.1) is 0 Å². The van der Waals surface area contributed by atoms with Gasteiger partial charge in [0.15, 0.2) is 16.9 Å². The van der Waals surface area contributed by atoms with E-state index in [-0.39, 0.29) is 17.9 Å². The van der Waals surface area contributed by atoms with Crippen LogP contribution in [0.3, 0.4) is 0 Å². The number of aryl methyl sites for hydroxylation is 1. The lowest BCUT2D eigenvalue weighted by Gasteiger charge is -2.16. The van der Waals surface area contributed by atoms with Crippen LogP contribution >= 0.6 is 0 Å². The number of hydrogen-bond donors (Lipinski definition) is 2. The summed E-state index contributed by atoms with van der Waals surface area (Å²) in [6.07, 6.45) is 0. The average Bonchev–Trinajstić information content (AvgIpc) is 2.70. The van der Waals surface area contributed by atoms with Crippen molar-refractivity contribution >= 4 is 16.8 Å². The third-order valence-corrected chi connectivity index (χ3v) is 4.45. The number of H-pyrrole nitrogens is 1. The van der Waals surface area contributed by atoms with Crippen LogP contribution in [0.25, 0.3) is 10.9 Å². The molecule has 146 valence electrons. The molecule has 0 bridgehead atoms. The molecule has 2 N–H and O–H groups in total. The van der Waals surface area contributed by atoms with Crippen LogP contribution in [0.4, 0.5) is 0 Å². The van der Waals surface area contributed by atoms with Crippen LogP contribution in [0.1, 0.15) is 21.6 Å². The third-order valence-electron chi connectivity index (χ3n) is 4.45. The highest BCUT2D eigenvalue weighted by Crippen LogP contribution is 2.39. The number of amides is 1. The lowest BCUT2D eigenvalue weighted by Crippen LogP contribution is -2.23. The maximum absolute atomic E-state index is 12.6. The van der Waals surface area contributed by atoms with Crippen molar-refractivity contribution < 1.29 is 19.0 Å². The molecule has 0 saturated carbocycles. The van der Waals surface area contributed by atoms with Gasteiger partial charge in [-0.05, 0) is 37.3 Å². The summed E-state index contributed by atoms with van der Waals surface area (Å²) in [7, 11) is 4.60. The summed E-state index contributed by atoms with van der Waals surface area (Å²) in [6, 6.07) is 10.1. The Labute approximate surface area is 162 Å². The molecule has 0 radical (unpaired) electrons. The summed E-state index contributed by atoms with van der Waals surface area (Å²) in [5.74, 6) is 1.20. The maximum atomic E-state index is 12.6. The number of aromatic nitrogens is 1. The summed E-state index contributed by atoms with van der Waals surface area (Å²) in [5, 5.41) is 3.32. The molecule has 0 aliphatic rings. The highest BCUT2D eigenvalue weighted by atomic mass is 16.5. The molecule has 0 saturated heterocycles. The van der Waals surface area contributed by atoms with Crippen LogP contribution in [0.15, 0.2) is 41.2 Å². The first-order valence-electron chi connectivity index (χ1n) is 8.68. The Balaban J connectivity index is 1.85. The zero-order chi connectivity index (χ0) is 20.3. The maximum Gasteiger partial charge on any atom is 0.251 e. The molecule has 3 rings (SSSR count). The smallest absolute Gasteiger partial charge is 0.251 e. The number of aromatic amines is 1. The fraction of sp³-hybridized carbons (Fsp3) is 0.238. The molecule has 0 unspecified atom stereocenters. The molecular weight excluding hydrogens is 360 g/mol. The number of nitrogens with one attached hydrogen (secondary N) is 2. The Kier molecular flexibility index (Phi) is 5.54. The van der Waals surface area contributed by atoms with Crippen molar-refractivity contribution in [1.82, 2.24) is 10.3 Å². The first-order valence-corrected chi connectivity index (χ1v) is 8.68. The van der Waals surface area contributed by atoms with E-state index in [2.05, 4.69) is 10.3 Å². The van der Waals surface area contributed by atoms with Gasteiger partial charge in [0, 0.05) is 40.3 Å². The van der Waals surface area contributed by atoms with E-state index >= 15 is 0 Å². The second kappa shape index (κ2) is 8.04. The van der Waals surface area contributed by atoms with Gasteiger partial charge in [-0.25, -0.2) is 0 Å². The van der Waals surface area contributed by atoms with Gasteiger partial charge in [-0.2, -0.15) is 0 Å². The van der Waals surface area contributed by atoms with Crippen LogP contribution < -0.4 is 25.0 Å². The summed E-state index contributed by atoms with van der Waals surface area (Å²) in [5.41, 5.74) is 2.49. The summed E-state index contributed by atoms with van der Waals surface area (Å²) >= 11 is 0. The summed E-state index contributed by atoms with van der Waals surface area (Å²) in [4.78, 5) is 27.9. The van der Waals surface area contributed by atoms with E-state index in [1.807, 2.05) is 6.92 Å². The number of pyridine rings is 1. The zero-order valence-corrected chi connectivity index (χ0v) is 16.2. The van der Waals surface area contributed by atoms with Crippen molar-refractivity contribution in [1.29, 1.82) is 0 Å². The van der Waals surface area contributed by atoms with Gasteiger partial charge in [0.2, 0.25) is 5.75 Å². The molecular formula is C21H22N2O5. The number of hydrogen-bond acceptors (Lipinski definition) is 5. The van der Waals surface area contributed by atoms with Crippen LogP contribution in [0.5, 0.6) is 17.2 Å². The SMILES string of the molecule is COc1ccc(CNC(=O)c2ccc3[nH]c(C)cc(=O)c3c2)c(OC)c1OC. The van der Waals surface area contributed by atoms with E-state index < -0.39 is 0 Å². The van der Waals surface area contributed by atoms with Gasteiger partial charge in [-0.1, -0.05) is 0 Å². The van der Waals surface area contributed by atoms with Gasteiger partial charge >= 0.3 is 0 Å². The standard InChI is InChI=1S/C21H22N2O5/c1-12-9-17(24)15-10-13(5-7-16(15)23-12)21(25)22-11-14-6-8-18(26-2)20(28-4)19(14)27-3/h5-10H,11H2,1-4H3,(H,22,25)(H,23,24). The minimum absolute atomic E-state index is 0.123. The Morgan fingerprint density at radius 3 is 2.43 bits per heavy atom. The van der Waals surface area contributed by atoms with Gasteiger partial charge < -0.3 is 24.5 Å². The molecule has 1 aromatic heterocycles. The van der Waals surface area contributed by atoms with Crippen LogP contribution in [-0.4, -0.2) is 32.2 Å². The minimum atomic E-state index is -0.293. The van der Waals surface area contributed by atoms with Crippen molar-refractivity contribution in [3.63, 3.8) is 0 Å². The molecule has 7 heteroatoms. The number of benzene rings is 2. The largest absolute Gasteiger partial charge is 0.493 e. The summed E-state index contributed by atoms with van der Waals surface area (Å²) in [6.45, 7) is 2.04.